The Morgan fingerprint density at radius 3 is 2.76 bits per heavy atom. The number of nitrogens with zero attached hydrogens (tertiary/aromatic N) is 4. The number of hydrogen-bond acceptors (Lipinski definition) is 5. The number of hydrogen-bond donors (Lipinski definition) is 1. The minimum absolute atomic E-state index is 0.103. The molecule has 0 fully saturated rings. The Hall–Kier alpha value is -2.26. The van der Waals surface area contributed by atoms with E-state index in [1.807, 2.05) is 24.3 Å². The first kappa shape index (κ1) is 17.6. The Kier molecular flexibility index (Phi) is 5.77. The van der Waals surface area contributed by atoms with Crippen molar-refractivity contribution in [1.82, 2.24) is 20.2 Å². The predicted molar refractivity (Wildman–Crippen MR) is 97.2 cm³/mol. The largest absolute Gasteiger partial charge is 0.324 e. The smallest absolute Gasteiger partial charge is 0.225 e. The molecule has 0 saturated heterocycles. The van der Waals surface area contributed by atoms with E-state index in [2.05, 4.69) is 36.8 Å². The Morgan fingerprint density at radius 2 is 2.04 bits per heavy atom. The number of anilines is 1. The van der Waals surface area contributed by atoms with Crippen LogP contribution < -0.4 is 5.32 Å². The summed E-state index contributed by atoms with van der Waals surface area (Å²) in [5.41, 5.74) is 0.664. The van der Waals surface area contributed by atoms with Crippen LogP contribution in [0.1, 0.15) is 6.42 Å². The maximum Gasteiger partial charge on any atom is 0.225 e. The number of nitrogens with one attached hydrogen (secondary N) is 1. The number of thioether (sulfide) groups is 1. The van der Waals surface area contributed by atoms with Gasteiger partial charge in [-0.15, -0.1) is 16.9 Å². The van der Waals surface area contributed by atoms with Crippen molar-refractivity contribution in [2.24, 2.45) is 0 Å². The molecule has 0 aliphatic rings. The van der Waals surface area contributed by atoms with Crippen LogP contribution in [-0.4, -0.2) is 31.9 Å². The van der Waals surface area contributed by atoms with Crippen molar-refractivity contribution < 1.29 is 9.18 Å². The van der Waals surface area contributed by atoms with Gasteiger partial charge >= 0.3 is 0 Å². The van der Waals surface area contributed by atoms with Crippen LogP contribution in [0, 0.1) is 5.82 Å². The Labute approximate surface area is 155 Å². The van der Waals surface area contributed by atoms with Crippen molar-refractivity contribution in [2.45, 2.75) is 11.3 Å². The van der Waals surface area contributed by atoms with Crippen molar-refractivity contribution in [3.63, 3.8) is 0 Å². The van der Waals surface area contributed by atoms with E-state index in [1.165, 1.54) is 29.2 Å². The summed E-state index contributed by atoms with van der Waals surface area (Å²) in [6.45, 7) is 0. The topological polar surface area (TPSA) is 72.7 Å². The first-order chi connectivity index (χ1) is 12.1. The molecular weight excluding hydrogens is 409 g/mol. The van der Waals surface area contributed by atoms with Crippen LogP contribution in [0.4, 0.5) is 10.1 Å². The summed E-state index contributed by atoms with van der Waals surface area (Å²) in [5, 5.41) is 13.4. The maximum atomic E-state index is 13.9. The van der Waals surface area contributed by atoms with Crippen molar-refractivity contribution in [1.29, 1.82) is 0 Å². The molecule has 3 rings (SSSR count). The lowest BCUT2D eigenvalue weighted by molar-refractivity contribution is -0.115. The van der Waals surface area contributed by atoms with Gasteiger partial charge < -0.3 is 5.32 Å². The van der Waals surface area contributed by atoms with Crippen LogP contribution in [0.2, 0.25) is 0 Å². The summed E-state index contributed by atoms with van der Waals surface area (Å²) in [5.74, 6) is -0.162. The van der Waals surface area contributed by atoms with Crippen molar-refractivity contribution >= 4 is 39.3 Å². The first-order valence-corrected chi connectivity index (χ1v) is 9.11. The highest BCUT2D eigenvalue weighted by Crippen LogP contribution is 2.22. The minimum atomic E-state index is -0.509. The van der Waals surface area contributed by atoms with Crippen molar-refractivity contribution in [2.75, 3.05) is 11.1 Å². The van der Waals surface area contributed by atoms with Gasteiger partial charge in [-0.05, 0) is 52.9 Å². The fourth-order valence-corrected chi connectivity index (χ4v) is 3.15. The third-order valence-electron chi connectivity index (χ3n) is 3.25. The monoisotopic (exact) mass is 421 g/mol. The van der Waals surface area contributed by atoms with Gasteiger partial charge in [0, 0.05) is 21.5 Å². The first-order valence-electron chi connectivity index (χ1n) is 7.33. The van der Waals surface area contributed by atoms with Gasteiger partial charge in [0.25, 0.3) is 0 Å². The third-order valence-corrected chi connectivity index (χ3v) is 4.79. The van der Waals surface area contributed by atoms with Crippen molar-refractivity contribution in [3.8, 4) is 5.69 Å². The van der Waals surface area contributed by atoms with Crippen LogP contribution in [0.25, 0.3) is 5.69 Å². The Bertz CT molecular complexity index is 857. The maximum absolute atomic E-state index is 13.9. The normalized spacial score (nSPS) is 10.6. The molecule has 25 heavy (non-hydrogen) atoms. The van der Waals surface area contributed by atoms with Gasteiger partial charge in [-0.1, -0.05) is 15.9 Å². The molecule has 0 saturated carbocycles. The second-order valence-electron chi connectivity index (χ2n) is 5.02. The van der Waals surface area contributed by atoms with E-state index in [1.54, 1.807) is 11.8 Å². The lowest BCUT2D eigenvalue weighted by atomic mass is 10.2. The molecule has 0 spiro atoms. The molecular formula is C16H13BrFN5OS. The second kappa shape index (κ2) is 8.21. The summed E-state index contributed by atoms with van der Waals surface area (Å²) >= 11 is 4.95. The van der Waals surface area contributed by atoms with E-state index in [-0.39, 0.29) is 18.0 Å². The molecule has 1 amide bonds. The van der Waals surface area contributed by atoms with Crippen LogP contribution in [0.15, 0.2) is 58.2 Å². The van der Waals surface area contributed by atoms with Crippen LogP contribution in [-0.2, 0) is 4.79 Å². The van der Waals surface area contributed by atoms with Gasteiger partial charge in [0.05, 0.1) is 11.4 Å². The minimum Gasteiger partial charge on any atom is -0.324 e. The van der Waals surface area contributed by atoms with E-state index >= 15 is 0 Å². The van der Waals surface area contributed by atoms with E-state index in [9.17, 15) is 9.18 Å². The van der Waals surface area contributed by atoms with E-state index < -0.39 is 5.82 Å². The van der Waals surface area contributed by atoms with Crippen LogP contribution in [0.3, 0.4) is 0 Å². The molecule has 1 aromatic heterocycles. The van der Waals surface area contributed by atoms with E-state index in [0.29, 0.717) is 11.4 Å². The molecule has 0 unspecified atom stereocenters. The van der Waals surface area contributed by atoms with E-state index in [4.69, 9.17) is 0 Å². The number of aromatic nitrogens is 4. The van der Waals surface area contributed by atoms with Crippen LogP contribution in [0.5, 0.6) is 0 Å². The van der Waals surface area contributed by atoms with Gasteiger partial charge in [-0.2, -0.15) is 0 Å². The zero-order valence-electron chi connectivity index (χ0n) is 12.9. The van der Waals surface area contributed by atoms with E-state index in [0.717, 1.165) is 9.37 Å². The molecule has 1 heterocycles. The molecule has 0 atom stereocenters. The molecule has 2 aromatic carbocycles. The number of benzene rings is 2. The fourth-order valence-electron chi connectivity index (χ4n) is 2.04. The van der Waals surface area contributed by atoms with Gasteiger partial charge in [-0.25, -0.2) is 9.07 Å². The lowest BCUT2D eigenvalue weighted by Crippen LogP contribution is -2.13. The zero-order chi connectivity index (χ0) is 17.6. The number of tetrazole rings is 1. The highest BCUT2D eigenvalue weighted by Gasteiger charge is 2.10. The average molecular weight is 422 g/mol. The van der Waals surface area contributed by atoms with Gasteiger partial charge in [0.2, 0.25) is 5.91 Å². The number of rotatable bonds is 6. The lowest BCUT2D eigenvalue weighted by Gasteiger charge is -2.08. The van der Waals surface area contributed by atoms with Gasteiger partial charge in [0.15, 0.2) is 0 Å². The Morgan fingerprint density at radius 1 is 1.24 bits per heavy atom. The Balaban J connectivity index is 1.57. The molecule has 9 heteroatoms. The van der Waals surface area contributed by atoms with Gasteiger partial charge in [0.1, 0.15) is 12.1 Å². The van der Waals surface area contributed by atoms with Gasteiger partial charge in [-0.3, -0.25) is 4.79 Å². The predicted octanol–water partition coefficient (Wildman–Crippen LogP) is 3.68. The molecule has 128 valence electrons. The zero-order valence-corrected chi connectivity index (χ0v) is 15.3. The van der Waals surface area contributed by atoms with Crippen LogP contribution >= 0.6 is 27.7 Å². The average Bonchev–Trinajstić information content (AvgIpc) is 3.13. The molecule has 3 aromatic rings. The fraction of sp³-hybridized carbons (Fsp3) is 0.125. The number of carbonyl (C=O) groups excluding carboxylic acids is 1. The summed E-state index contributed by atoms with van der Waals surface area (Å²) in [4.78, 5) is 13.1. The third kappa shape index (κ3) is 4.86. The molecule has 0 aliphatic heterocycles. The SMILES string of the molecule is O=C(CCSc1ccc(Br)cc1)Nc1cc(-n2cnnn2)ccc1F. The number of amides is 1. The standard InChI is InChI=1S/C16H13BrFN5OS/c17-11-1-4-13(5-2-11)25-8-7-16(24)20-15-9-12(3-6-14(15)18)23-10-19-21-22-23/h1-6,9-10H,7-8H2,(H,20,24). The highest BCUT2D eigenvalue weighted by molar-refractivity contribution is 9.10. The number of carbonyl (C=O) groups is 1. The molecule has 0 bridgehead atoms. The second-order valence-corrected chi connectivity index (χ2v) is 7.10. The summed E-state index contributed by atoms with van der Waals surface area (Å²) < 4.78 is 16.3. The summed E-state index contributed by atoms with van der Waals surface area (Å²) in [7, 11) is 0. The highest BCUT2D eigenvalue weighted by atomic mass is 79.9. The van der Waals surface area contributed by atoms with Crippen molar-refractivity contribution in [3.05, 3.63) is 59.1 Å². The molecule has 1 N–H and O–H groups in total. The molecule has 0 aliphatic carbocycles. The summed E-state index contributed by atoms with van der Waals surface area (Å²) in [6, 6.07) is 12.1. The molecule has 6 nitrogen and oxygen atoms in total. The number of halogens is 2. The quantitative estimate of drug-likeness (QED) is 0.614. The molecule has 0 radical (unpaired) electrons. The summed E-state index contributed by atoms with van der Waals surface area (Å²) in [6.07, 6.45) is 1.67.